The van der Waals surface area contributed by atoms with Crippen LogP contribution >= 0.6 is 0 Å². The first kappa shape index (κ1) is 19.4. The molecule has 0 heterocycles. The number of carbonyl (C=O) groups is 2. The van der Waals surface area contributed by atoms with Gasteiger partial charge in [-0.25, -0.2) is 8.42 Å². The summed E-state index contributed by atoms with van der Waals surface area (Å²) >= 11 is 0. The minimum Gasteiger partial charge on any atom is -0.354 e. The fraction of sp³-hybridized carbons (Fsp3) is 0.500. The van der Waals surface area contributed by atoms with Crippen LogP contribution in [0.5, 0.6) is 0 Å². The third-order valence-electron chi connectivity index (χ3n) is 4.06. The Bertz CT molecular complexity index is 697. The molecule has 2 amide bonds. The van der Waals surface area contributed by atoms with E-state index in [1.165, 1.54) is 31.4 Å². The quantitative estimate of drug-likeness (QED) is 0.458. The average Bonchev–Trinajstić information content (AvgIpc) is 3.13. The van der Waals surface area contributed by atoms with Gasteiger partial charge in [0, 0.05) is 24.6 Å². The van der Waals surface area contributed by atoms with E-state index < -0.39 is 10.0 Å². The molecule has 0 spiro atoms. The first-order chi connectivity index (χ1) is 11.9. The molecule has 1 aromatic rings. The lowest BCUT2D eigenvalue weighted by Crippen LogP contribution is -2.37. The molecule has 3 N–H and O–H groups in total. The number of rotatable bonds is 8. The van der Waals surface area contributed by atoms with E-state index in [4.69, 9.17) is 0 Å². The maximum Gasteiger partial charge on any atom is 0.262 e. The summed E-state index contributed by atoms with van der Waals surface area (Å²) in [4.78, 5) is 30.2. The molecule has 1 aromatic carbocycles. The van der Waals surface area contributed by atoms with Crippen molar-refractivity contribution in [1.29, 1.82) is 0 Å². The van der Waals surface area contributed by atoms with Crippen molar-refractivity contribution in [2.24, 2.45) is 5.92 Å². The maximum atomic E-state index is 12.0. The van der Waals surface area contributed by atoms with E-state index in [0.717, 1.165) is 25.7 Å². The van der Waals surface area contributed by atoms with Gasteiger partial charge < -0.3 is 10.6 Å². The number of carbonyl (C=O) groups excluding carboxylic acids is 2. The zero-order valence-corrected chi connectivity index (χ0v) is 14.9. The van der Waals surface area contributed by atoms with E-state index in [1.54, 1.807) is 0 Å². The first-order valence-electron chi connectivity index (χ1n) is 8.15. The highest BCUT2D eigenvalue weighted by Gasteiger charge is 2.22. The van der Waals surface area contributed by atoms with Gasteiger partial charge >= 0.3 is 0 Å². The highest BCUT2D eigenvalue weighted by Crippen LogP contribution is 2.24. The van der Waals surface area contributed by atoms with Crippen LogP contribution in [0.1, 0.15) is 36.0 Å². The lowest BCUT2D eigenvalue weighted by Gasteiger charge is -2.11. The zero-order chi connectivity index (χ0) is 18.3. The van der Waals surface area contributed by atoms with E-state index in [9.17, 15) is 18.0 Å². The minimum absolute atomic E-state index is 0.00488. The second kappa shape index (κ2) is 8.93. The van der Waals surface area contributed by atoms with Crippen molar-refractivity contribution in [2.45, 2.75) is 30.6 Å². The molecule has 0 aromatic heterocycles. The third-order valence-corrected chi connectivity index (χ3v) is 5.33. The van der Waals surface area contributed by atoms with Gasteiger partial charge in [0.25, 0.3) is 15.9 Å². The van der Waals surface area contributed by atoms with Crippen LogP contribution in [-0.4, -0.2) is 40.4 Å². The largest absolute Gasteiger partial charge is 0.354 e. The number of nitrogens with one attached hydrogen (secondary N) is 3. The van der Waals surface area contributed by atoms with Crippen molar-refractivity contribution in [3.8, 4) is 0 Å². The molecular formula is C16H23N3O5S. The van der Waals surface area contributed by atoms with Crippen molar-refractivity contribution in [2.75, 3.05) is 20.2 Å². The molecule has 1 aliphatic rings. The van der Waals surface area contributed by atoms with E-state index in [-0.39, 0.29) is 22.6 Å². The highest BCUT2D eigenvalue weighted by atomic mass is 32.2. The molecule has 0 unspecified atom stereocenters. The molecule has 1 aliphatic carbocycles. The first-order valence-corrected chi connectivity index (χ1v) is 9.63. The Morgan fingerprint density at radius 2 is 1.68 bits per heavy atom. The normalized spacial score (nSPS) is 15.1. The van der Waals surface area contributed by atoms with E-state index in [0.29, 0.717) is 18.7 Å². The second-order valence-electron chi connectivity index (χ2n) is 5.84. The number of amides is 2. The van der Waals surface area contributed by atoms with Crippen LogP contribution in [0.4, 0.5) is 0 Å². The summed E-state index contributed by atoms with van der Waals surface area (Å²) in [5, 5.41) is 5.50. The molecular weight excluding hydrogens is 346 g/mol. The number of hydrogen-bond donors (Lipinski definition) is 3. The SMILES string of the molecule is CONS(=O)(=O)c1ccc(C(=O)NCCNC(=O)C2CCCC2)cc1. The lowest BCUT2D eigenvalue weighted by atomic mass is 10.1. The van der Waals surface area contributed by atoms with Crippen LogP contribution in [0.15, 0.2) is 29.2 Å². The molecule has 9 heteroatoms. The standard InChI is InChI=1S/C16H23N3O5S/c1-24-19-25(22,23)14-8-6-13(7-9-14)16(21)18-11-10-17-15(20)12-4-2-3-5-12/h6-9,12,19H,2-5,10-11H2,1H3,(H,17,20)(H,18,21). The monoisotopic (exact) mass is 369 g/mol. The van der Waals surface area contributed by atoms with Gasteiger partial charge in [-0.15, -0.1) is 0 Å². The summed E-state index contributed by atoms with van der Waals surface area (Å²) < 4.78 is 23.4. The van der Waals surface area contributed by atoms with Crippen molar-refractivity contribution in [3.63, 3.8) is 0 Å². The van der Waals surface area contributed by atoms with Crippen molar-refractivity contribution in [3.05, 3.63) is 29.8 Å². The summed E-state index contributed by atoms with van der Waals surface area (Å²) in [5.74, 6) is -0.184. The molecule has 0 atom stereocenters. The van der Waals surface area contributed by atoms with Crippen LogP contribution in [0.2, 0.25) is 0 Å². The Kier molecular flexibility index (Phi) is 6.91. The molecule has 0 radical (unpaired) electrons. The summed E-state index contributed by atoms with van der Waals surface area (Å²) in [5.41, 5.74) is 0.332. The van der Waals surface area contributed by atoms with Gasteiger partial charge in [0.15, 0.2) is 0 Å². The molecule has 0 aliphatic heterocycles. The van der Waals surface area contributed by atoms with E-state index in [1.807, 2.05) is 4.89 Å². The summed E-state index contributed by atoms with van der Waals surface area (Å²) in [6.07, 6.45) is 4.07. The third kappa shape index (κ3) is 5.52. The van der Waals surface area contributed by atoms with Crippen molar-refractivity contribution >= 4 is 21.8 Å². The Balaban J connectivity index is 1.78. The fourth-order valence-electron chi connectivity index (χ4n) is 2.74. The predicted octanol–water partition coefficient (Wildman–Crippen LogP) is 0.562. The number of sulfonamides is 1. The molecule has 8 nitrogen and oxygen atoms in total. The summed E-state index contributed by atoms with van der Waals surface area (Å²) in [6.45, 7) is 0.674. The van der Waals surface area contributed by atoms with Gasteiger partial charge in [0.2, 0.25) is 5.91 Å². The molecule has 0 saturated heterocycles. The Morgan fingerprint density at radius 1 is 1.08 bits per heavy atom. The van der Waals surface area contributed by atoms with Gasteiger partial charge in [-0.3, -0.25) is 14.4 Å². The summed E-state index contributed by atoms with van der Waals surface area (Å²) in [6, 6.07) is 5.46. The maximum absolute atomic E-state index is 12.0. The van der Waals surface area contributed by atoms with Gasteiger partial charge in [-0.2, -0.15) is 0 Å². The fourth-order valence-corrected chi connectivity index (χ4v) is 3.55. The Morgan fingerprint density at radius 3 is 2.28 bits per heavy atom. The van der Waals surface area contributed by atoms with Crippen LogP contribution in [0.3, 0.4) is 0 Å². The van der Waals surface area contributed by atoms with Crippen LogP contribution in [-0.2, 0) is 19.7 Å². The van der Waals surface area contributed by atoms with Crippen LogP contribution in [0, 0.1) is 5.92 Å². The summed E-state index contributed by atoms with van der Waals surface area (Å²) in [7, 11) is -2.54. The van der Waals surface area contributed by atoms with Crippen molar-refractivity contribution < 1.29 is 22.8 Å². The smallest absolute Gasteiger partial charge is 0.262 e. The van der Waals surface area contributed by atoms with Gasteiger partial charge in [-0.1, -0.05) is 17.7 Å². The van der Waals surface area contributed by atoms with Gasteiger partial charge in [-0.05, 0) is 37.1 Å². The lowest BCUT2D eigenvalue weighted by molar-refractivity contribution is -0.124. The molecule has 2 rings (SSSR count). The average molecular weight is 369 g/mol. The zero-order valence-electron chi connectivity index (χ0n) is 14.1. The molecule has 1 saturated carbocycles. The second-order valence-corrected chi connectivity index (χ2v) is 7.49. The molecule has 25 heavy (non-hydrogen) atoms. The topological polar surface area (TPSA) is 114 Å². The molecule has 0 bridgehead atoms. The highest BCUT2D eigenvalue weighted by molar-refractivity contribution is 7.89. The van der Waals surface area contributed by atoms with Crippen LogP contribution < -0.4 is 15.5 Å². The Labute approximate surface area is 147 Å². The van der Waals surface area contributed by atoms with Gasteiger partial charge in [0.05, 0.1) is 12.0 Å². The van der Waals surface area contributed by atoms with Crippen molar-refractivity contribution in [1.82, 2.24) is 15.5 Å². The molecule has 1 fully saturated rings. The van der Waals surface area contributed by atoms with E-state index in [2.05, 4.69) is 15.5 Å². The molecule has 138 valence electrons. The predicted molar refractivity (Wildman–Crippen MR) is 91.1 cm³/mol. The van der Waals surface area contributed by atoms with Gasteiger partial charge in [0.1, 0.15) is 0 Å². The Hall–Kier alpha value is -1.97. The number of hydrogen-bond acceptors (Lipinski definition) is 5. The van der Waals surface area contributed by atoms with Crippen LogP contribution in [0.25, 0.3) is 0 Å². The minimum atomic E-state index is -3.74. The number of benzene rings is 1. The van der Waals surface area contributed by atoms with E-state index >= 15 is 0 Å².